The average Bonchev–Trinajstić information content (AvgIpc) is 2.37. The van der Waals surface area contributed by atoms with Gasteiger partial charge in [-0.3, -0.25) is 4.79 Å². The molecule has 0 rings (SSSR count). The number of carbonyl (C=O) groups excluding carboxylic acids is 1. The van der Waals surface area contributed by atoms with Crippen LogP contribution >= 0.6 is 0 Å². The van der Waals surface area contributed by atoms with Crippen LogP contribution in [0.1, 0.15) is 90.9 Å². The molecule has 0 aliphatic heterocycles. The van der Waals surface area contributed by atoms with Crippen molar-refractivity contribution in [3.05, 3.63) is 0 Å². The van der Waals surface area contributed by atoms with Crippen LogP contribution in [0, 0.1) is 0 Å². The predicted octanol–water partition coefficient (Wildman–Crippen LogP) is 3.80. The van der Waals surface area contributed by atoms with Crippen molar-refractivity contribution in [1.29, 1.82) is 0 Å². The second-order valence-electron chi connectivity index (χ2n) is 5.15. The molecular weight excluding hydrogens is 343 g/mol. The van der Waals surface area contributed by atoms with Gasteiger partial charge >= 0.3 is 29.9 Å². The zero-order chi connectivity index (χ0) is 13.5. The van der Waals surface area contributed by atoms with Crippen LogP contribution in [0.25, 0.3) is 0 Å². The molecule has 0 bridgehead atoms. The molecule has 0 aromatic carbocycles. The molecule has 0 unspecified atom stereocenters. The third kappa shape index (κ3) is 18.3. The van der Waals surface area contributed by atoms with E-state index in [0.29, 0.717) is 13.0 Å². The van der Waals surface area contributed by atoms with Gasteiger partial charge in [0.2, 0.25) is 0 Å². The van der Waals surface area contributed by atoms with Crippen molar-refractivity contribution in [2.75, 3.05) is 6.61 Å². The van der Waals surface area contributed by atoms with Crippen LogP contribution in [-0.4, -0.2) is 36.5 Å². The molecule has 0 atom stereocenters. The summed E-state index contributed by atoms with van der Waals surface area (Å²) in [6, 6.07) is 0. The molecule has 0 amide bonds. The molecule has 0 aliphatic carbocycles. The van der Waals surface area contributed by atoms with Crippen molar-refractivity contribution in [3.63, 3.8) is 0 Å². The summed E-state index contributed by atoms with van der Waals surface area (Å²) >= 11 is 0. The first-order valence-corrected chi connectivity index (χ1v) is 7.96. The zero-order valence-corrected chi connectivity index (χ0v) is 12.5. The molecule has 0 fully saturated rings. The second-order valence-corrected chi connectivity index (χ2v) is 5.15. The molecule has 0 saturated carbocycles. The van der Waals surface area contributed by atoms with Gasteiger partial charge < -0.3 is 4.74 Å². The van der Waals surface area contributed by atoms with Gasteiger partial charge in [-0.05, 0) is 12.8 Å². The van der Waals surface area contributed by atoms with E-state index in [4.69, 9.17) is 4.74 Å². The SMILES string of the molecule is CCCCCCCCOC(=O)CCCCCCC.[SnH4]. The summed E-state index contributed by atoms with van der Waals surface area (Å²) in [4.78, 5) is 11.4. The Hall–Kier alpha value is 0.269. The summed E-state index contributed by atoms with van der Waals surface area (Å²) < 4.78 is 5.22. The number of unbranched alkanes of at least 4 members (excludes halogenated alkanes) is 9. The molecule has 0 N–H and O–H groups in total. The van der Waals surface area contributed by atoms with Gasteiger partial charge in [-0.15, -0.1) is 0 Å². The standard InChI is InChI=1S/C16H32O2.Sn.4H/c1-3-5-7-9-11-13-15-18-16(17)14-12-10-8-6-4-2;;;;;/h3-15H2,1-2H3;;;;;. The fourth-order valence-electron chi connectivity index (χ4n) is 2.01. The van der Waals surface area contributed by atoms with Crippen molar-refractivity contribution in [2.45, 2.75) is 90.9 Å². The van der Waals surface area contributed by atoms with Crippen LogP contribution < -0.4 is 0 Å². The van der Waals surface area contributed by atoms with Crippen LogP contribution in [-0.2, 0) is 9.53 Å². The first-order chi connectivity index (χ1) is 8.81. The summed E-state index contributed by atoms with van der Waals surface area (Å²) in [7, 11) is 0. The number of hydrogen-bond acceptors (Lipinski definition) is 2. The predicted molar refractivity (Wildman–Crippen MR) is 89.0 cm³/mol. The number of hydrogen-bond donors (Lipinski definition) is 0. The first kappa shape index (κ1) is 21.6. The Bertz CT molecular complexity index is 184. The van der Waals surface area contributed by atoms with Gasteiger partial charge in [0, 0.05) is 6.42 Å². The van der Waals surface area contributed by atoms with Crippen LogP contribution in [0.15, 0.2) is 0 Å². The summed E-state index contributed by atoms with van der Waals surface area (Å²) in [6.07, 6.45) is 14.0. The van der Waals surface area contributed by atoms with E-state index in [-0.39, 0.29) is 29.9 Å². The molecule has 0 aromatic heterocycles. The van der Waals surface area contributed by atoms with Gasteiger partial charge in [0.15, 0.2) is 0 Å². The molecule has 0 radical (unpaired) electrons. The van der Waals surface area contributed by atoms with Gasteiger partial charge in [-0.25, -0.2) is 0 Å². The Morgan fingerprint density at radius 1 is 0.737 bits per heavy atom. The fourth-order valence-corrected chi connectivity index (χ4v) is 2.01. The van der Waals surface area contributed by atoms with E-state index >= 15 is 0 Å². The molecule has 3 heteroatoms. The van der Waals surface area contributed by atoms with Gasteiger partial charge in [0.05, 0.1) is 6.61 Å². The summed E-state index contributed by atoms with van der Waals surface area (Å²) in [5.74, 6) is 0.0000525. The molecule has 116 valence electrons. The fraction of sp³-hybridized carbons (Fsp3) is 0.938. The van der Waals surface area contributed by atoms with Crippen LogP contribution in [0.4, 0.5) is 0 Å². The minimum atomic E-state index is 0. The number of rotatable bonds is 13. The van der Waals surface area contributed by atoms with E-state index < -0.39 is 0 Å². The van der Waals surface area contributed by atoms with Crippen molar-refractivity contribution in [3.8, 4) is 0 Å². The first-order valence-electron chi connectivity index (χ1n) is 7.96. The molecule has 0 aromatic rings. The number of esters is 1. The minimum absolute atomic E-state index is 0. The van der Waals surface area contributed by atoms with Gasteiger partial charge in [-0.1, -0.05) is 71.6 Å². The Kier molecular flexibility index (Phi) is 20.7. The third-order valence-electron chi connectivity index (χ3n) is 3.25. The van der Waals surface area contributed by atoms with E-state index in [1.807, 2.05) is 0 Å². The monoisotopic (exact) mass is 380 g/mol. The number of ether oxygens (including phenoxy) is 1. The Labute approximate surface area is 137 Å². The maximum atomic E-state index is 11.4. The van der Waals surface area contributed by atoms with E-state index in [1.54, 1.807) is 0 Å². The molecule has 0 aliphatic rings. The second kappa shape index (κ2) is 18.3. The summed E-state index contributed by atoms with van der Waals surface area (Å²) in [6.45, 7) is 5.05. The van der Waals surface area contributed by atoms with Crippen LogP contribution in [0.2, 0.25) is 0 Å². The quantitative estimate of drug-likeness (QED) is 0.277. The third-order valence-corrected chi connectivity index (χ3v) is 3.25. The van der Waals surface area contributed by atoms with E-state index in [0.717, 1.165) is 12.8 Å². The van der Waals surface area contributed by atoms with Crippen molar-refractivity contribution in [1.82, 2.24) is 0 Å². The van der Waals surface area contributed by atoms with E-state index in [2.05, 4.69) is 13.8 Å². The normalized spacial score (nSPS) is 10.0. The molecule has 0 heterocycles. The van der Waals surface area contributed by atoms with Crippen molar-refractivity contribution in [2.24, 2.45) is 0 Å². The number of carbonyl (C=O) groups is 1. The van der Waals surface area contributed by atoms with Gasteiger partial charge in [0.1, 0.15) is 0 Å². The van der Waals surface area contributed by atoms with Crippen LogP contribution in [0.3, 0.4) is 0 Å². The topological polar surface area (TPSA) is 26.3 Å². The molecular formula is C16H36O2Sn. The molecule has 19 heavy (non-hydrogen) atoms. The molecule has 0 spiro atoms. The van der Waals surface area contributed by atoms with Crippen LogP contribution in [0.5, 0.6) is 0 Å². The average molecular weight is 379 g/mol. The van der Waals surface area contributed by atoms with E-state index in [9.17, 15) is 4.79 Å². The van der Waals surface area contributed by atoms with Gasteiger partial charge in [-0.2, -0.15) is 0 Å². The van der Waals surface area contributed by atoms with E-state index in [1.165, 1.54) is 57.8 Å². The Balaban J connectivity index is 0. The maximum absolute atomic E-state index is 11.4. The molecule has 2 nitrogen and oxygen atoms in total. The molecule has 0 saturated heterocycles. The Morgan fingerprint density at radius 3 is 1.79 bits per heavy atom. The van der Waals surface area contributed by atoms with Crippen molar-refractivity contribution < 1.29 is 9.53 Å². The Morgan fingerprint density at radius 2 is 1.21 bits per heavy atom. The summed E-state index contributed by atoms with van der Waals surface area (Å²) in [5.41, 5.74) is 0. The zero-order valence-electron chi connectivity index (χ0n) is 12.5. The van der Waals surface area contributed by atoms with Gasteiger partial charge in [0.25, 0.3) is 0 Å². The van der Waals surface area contributed by atoms with Crippen molar-refractivity contribution >= 4 is 29.9 Å². The summed E-state index contributed by atoms with van der Waals surface area (Å²) in [5, 5.41) is 0.